The Morgan fingerprint density at radius 3 is 2.67 bits per heavy atom. The highest BCUT2D eigenvalue weighted by atomic mass is 35.5. The quantitative estimate of drug-likeness (QED) is 0.905. The molecule has 0 radical (unpaired) electrons. The van der Waals surface area contributed by atoms with E-state index in [1.54, 1.807) is 0 Å². The first-order valence-electron chi connectivity index (χ1n) is 7.74. The molecule has 3 rings (SSSR count). The molecule has 1 amide bonds. The summed E-state index contributed by atoms with van der Waals surface area (Å²) in [4.78, 5) is 16.4. The molecule has 1 aliphatic heterocycles. The molecule has 114 valence electrons. The normalized spacial score (nSPS) is 18.9. The monoisotopic (exact) mass is 307 g/mol. The van der Waals surface area contributed by atoms with Gasteiger partial charge in [0.1, 0.15) is 0 Å². The molecule has 5 heteroatoms. The Hall–Kier alpha value is -1.26. The number of hydrogen-bond donors (Lipinski definition) is 1. The van der Waals surface area contributed by atoms with Crippen LogP contribution >= 0.6 is 11.6 Å². The molecule has 1 N–H and O–H groups in total. The van der Waals surface area contributed by atoms with Gasteiger partial charge in [0, 0.05) is 55.9 Å². The molecule has 1 saturated carbocycles. The number of benzene rings is 1. The van der Waals surface area contributed by atoms with Crippen molar-refractivity contribution in [2.75, 3.05) is 37.6 Å². The van der Waals surface area contributed by atoms with E-state index in [0.717, 1.165) is 43.4 Å². The first-order valence-corrected chi connectivity index (χ1v) is 8.12. The minimum absolute atomic E-state index is 0.272. The predicted octanol–water partition coefficient (Wildman–Crippen LogP) is 2.13. The number of rotatable bonds is 5. The molecule has 1 heterocycles. The summed E-state index contributed by atoms with van der Waals surface area (Å²) in [6, 6.07) is 8.59. The van der Waals surface area contributed by atoms with Gasteiger partial charge in [0.25, 0.3) is 0 Å². The standard InChI is InChI=1S/C16H22ClN3O/c17-13-2-1-3-15(12-13)19-8-10-20(11-9-19)16(21)6-7-18-14-4-5-14/h1-3,12,14,18H,4-11H2. The van der Waals surface area contributed by atoms with Gasteiger partial charge < -0.3 is 15.1 Å². The third kappa shape index (κ3) is 4.11. The molecule has 0 spiro atoms. The SMILES string of the molecule is O=C(CCNC1CC1)N1CCN(c2cccc(Cl)c2)CC1. The van der Waals surface area contributed by atoms with Crippen molar-refractivity contribution >= 4 is 23.2 Å². The van der Waals surface area contributed by atoms with Gasteiger partial charge in [0.05, 0.1) is 0 Å². The maximum atomic E-state index is 12.1. The van der Waals surface area contributed by atoms with Gasteiger partial charge in [0.15, 0.2) is 0 Å². The Balaban J connectivity index is 1.44. The summed E-state index contributed by atoms with van der Waals surface area (Å²) in [5.74, 6) is 0.272. The Labute approximate surface area is 131 Å². The second-order valence-electron chi connectivity index (χ2n) is 5.83. The smallest absolute Gasteiger partial charge is 0.223 e. The largest absolute Gasteiger partial charge is 0.368 e. The molecule has 21 heavy (non-hydrogen) atoms. The van der Waals surface area contributed by atoms with Crippen LogP contribution in [0.15, 0.2) is 24.3 Å². The second kappa shape index (κ2) is 6.67. The lowest BCUT2D eigenvalue weighted by molar-refractivity contribution is -0.131. The van der Waals surface area contributed by atoms with Crippen LogP contribution in [0.4, 0.5) is 5.69 Å². The van der Waals surface area contributed by atoms with E-state index in [9.17, 15) is 4.79 Å². The van der Waals surface area contributed by atoms with Crippen LogP contribution in [0.2, 0.25) is 5.02 Å². The van der Waals surface area contributed by atoms with Crippen molar-refractivity contribution in [3.63, 3.8) is 0 Å². The third-order valence-corrected chi connectivity index (χ3v) is 4.39. The molecule has 0 aromatic heterocycles. The Kier molecular flexibility index (Phi) is 4.66. The molecule has 0 atom stereocenters. The summed E-state index contributed by atoms with van der Waals surface area (Å²) in [7, 11) is 0. The highest BCUT2D eigenvalue weighted by Gasteiger charge is 2.23. The predicted molar refractivity (Wildman–Crippen MR) is 85.9 cm³/mol. The number of carbonyl (C=O) groups is 1. The summed E-state index contributed by atoms with van der Waals surface area (Å²) in [5.41, 5.74) is 1.14. The van der Waals surface area contributed by atoms with Crippen LogP contribution in [-0.4, -0.2) is 49.6 Å². The molecule has 0 unspecified atom stereocenters. The fourth-order valence-corrected chi connectivity index (χ4v) is 2.90. The molecular weight excluding hydrogens is 286 g/mol. The highest BCUT2D eigenvalue weighted by Crippen LogP contribution is 2.21. The zero-order valence-corrected chi connectivity index (χ0v) is 13.0. The van der Waals surface area contributed by atoms with Gasteiger partial charge in [-0.25, -0.2) is 0 Å². The van der Waals surface area contributed by atoms with Crippen LogP contribution in [0, 0.1) is 0 Å². The zero-order valence-electron chi connectivity index (χ0n) is 12.2. The molecule has 1 aliphatic carbocycles. The number of nitrogens with zero attached hydrogens (tertiary/aromatic N) is 2. The topological polar surface area (TPSA) is 35.6 Å². The van der Waals surface area contributed by atoms with Crippen LogP contribution in [0.1, 0.15) is 19.3 Å². The molecule has 0 bridgehead atoms. The fraction of sp³-hybridized carbons (Fsp3) is 0.562. The van der Waals surface area contributed by atoms with Crippen molar-refractivity contribution in [1.29, 1.82) is 0 Å². The molecule has 1 aromatic carbocycles. The van der Waals surface area contributed by atoms with Crippen LogP contribution in [0.3, 0.4) is 0 Å². The Bertz CT molecular complexity index is 496. The third-order valence-electron chi connectivity index (χ3n) is 4.15. The molecule has 2 aliphatic rings. The van der Waals surface area contributed by atoms with E-state index in [1.807, 2.05) is 23.1 Å². The number of hydrogen-bond acceptors (Lipinski definition) is 3. The lowest BCUT2D eigenvalue weighted by Crippen LogP contribution is -2.49. The van der Waals surface area contributed by atoms with Crippen molar-refractivity contribution in [2.45, 2.75) is 25.3 Å². The van der Waals surface area contributed by atoms with Crippen LogP contribution in [-0.2, 0) is 4.79 Å². The fourth-order valence-electron chi connectivity index (χ4n) is 2.72. The van der Waals surface area contributed by atoms with Gasteiger partial charge >= 0.3 is 0 Å². The van der Waals surface area contributed by atoms with E-state index >= 15 is 0 Å². The minimum atomic E-state index is 0.272. The number of amides is 1. The second-order valence-corrected chi connectivity index (χ2v) is 6.26. The number of carbonyl (C=O) groups excluding carboxylic acids is 1. The summed E-state index contributed by atoms with van der Waals surface area (Å²) in [5, 5.41) is 4.16. The van der Waals surface area contributed by atoms with Crippen LogP contribution in [0.25, 0.3) is 0 Å². The lowest BCUT2D eigenvalue weighted by Gasteiger charge is -2.36. The summed E-state index contributed by atoms with van der Waals surface area (Å²) >= 11 is 6.03. The van der Waals surface area contributed by atoms with Crippen molar-refractivity contribution in [2.24, 2.45) is 0 Å². The summed E-state index contributed by atoms with van der Waals surface area (Å²) < 4.78 is 0. The van der Waals surface area contributed by atoms with Crippen LogP contribution < -0.4 is 10.2 Å². The van der Waals surface area contributed by atoms with E-state index in [-0.39, 0.29) is 5.91 Å². The molecule has 2 fully saturated rings. The number of piperazine rings is 1. The van der Waals surface area contributed by atoms with Crippen molar-refractivity contribution in [1.82, 2.24) is 10.2 Å². The lowest BCUT2D eigenvalue weighted by atomic mass is 10.2. The first kappa shape index (κ1) is 14.7. The van der Waals surface area contributed by atoms with Gasteiger partial charge in [0.2, 0.25) is 5.91 Å². The van der Waals surface area contributed by atoms with Gasteiger partial charge in [-0.05, 0) is 31.0 Å². The van der Waals surface area contributed by atoms with E-state index in [1.165, 1.54) is 12.8 Å². The number of halogens is 1. The average molecular weight is 308 g/mol. The Morgan fingerprint density at radius 2 is 2.00 bits per heavy atom. The number of anilines is 1. The van der Waals surface area contributed by atoms with Gasteiger partial charge in [-0.15, -0.1) is 0 Å². The number of nitrogens with one attached hydrogen (secondary N) is 1. The van der Waals surface area contributed by atoms with E-state index in [4.69, 9.17) is 11.6 Å². The van der Waals surface area contributed by atoms with Crippen molar-refractivity contribution < 1.29 is 4.79 Å². The highest BCUT2D eigenvalue weighted by molar-refractivity contribution is 6.30. The molecule has 4 nitrogen and oxygen atoms in total. The summed E-state index contributed by atoms with van der Waals surface area (Å²) in [6.45, 7) is 4.17. The molecular formula is C16H22ClN3O. The van der Waals surface area contributed by atoms with E-state index < -0.39 is 0 Å². The average Bonchev–Trinajstić information content (AvgIpc) is 3.31. The zero-order chi connectivity index (χ0) is 14.7. The molecule has 1 saturated heterocycles. The van der Waals surface area contributed by atoms with Gasteiger partial charge in [-0.1, -0.05) is 17.7 Å². The van der Waals surface area contributed by atoms with E-state index in [0.29, 0.717) is 12.5 Å². The van der Waals surface area contributed by atoms with Gasteiger partial charge in [-0.3, -0.25) is 4.79 Å². The van der Waals surface area contributed by atoms with Gasteiger partial charge in [-0.2, -0.15) is 0 Å². The maximum Gasteiger partial charge on any atom is 0.223 e. The Morgan fingerprint density at radius 1 is 1.24 bits per heavy atom. The summed E-state index contributed by atoms with van der Waals surface area (Å²) in [6.07, 6.45) is 3.16. The minimum Gasteiger partial charge on any atom is -0.368 e. The van der Waals surface area contributed by atoms with E-state index in [2.05, 4.69) is 16.3 Å². The first-order chi connectivity index (χ1) is 10.2. The van der Waals surface area contributed by atoms with Crippen LogP contribution in [0.5, 0.6) is 0 Å². The van der Waals surface area contributed by atoms with Crippen molar-refractivity contribution in [3.05, 3.63) is 29.3 Å². The van der Waals surface area contributed by atoms with Crippen molar-refractivity contribution in [3.8, 4) is 0 Å². The molecule has 1 aromatic rings. The maximum absolute atomic E-state index is 12.1.